The van der Waals surface area contributed by atoms with Gasteiger partial charge in [-0.2, -0.15) is 0 Å². The van der Waals surface area contributed by atoms with Crippen molar-refractivity contribution in [3.63, 3.8) is 0 Å². The number of benzene rings is 1. The molecule has 0 radical (unpaired) electrons. The Bertz CT molecular complexity index is 481. The quantitative estimate of drug-likeness (QED) is 0.631. The third kappa shape index (κ3) is 1.87. The van der Waals surface area contributed by atoms with E-state index in [2.05, 4.69) is 51.1 Å². The molecule has 0 nitrogen and oxygen atoms in total. The molecule has 0 spiro atoms. The zero-order valence-electron chi connectivity index (χ0n) is 13.2. The molecular weight excluding hydrogens is 240 g/mol. The van der Waals surface area contributed by atoms with Crippen LogP contribution in [0.15, 0.2) is 30.3 Å². The molecule has 20 heavy (non-hydrogen) atoms. The van der Waals surface area contributed by atoms with Crippen molar-refractivity contribution >= 4 is 0 Å². The Morgan fingerprint density at radius 3 is 2.25 bits per heavy atom. The van der Waals surface area contributed by atoms with Crippen molar-refractivity contribution in [1.29, 1.82) is 0 Å². The van der Waals surface area contributed by atoms with Crippen molar-refractivity contribution in [2.24, 2.45) is 35.0 Å². The maximum Gasteiger partial charge on any atom is -0.0102 e. The molecule has 1 aromatic rings. The zero-order chi connectivity index (χ0) is 13.9. The molecule has 0 N–H and O–H groups in total. The predicted octanol–water partition coefficient (Wildman–Crippen LogP) is 5.50. The molecule has 6 atom stereocenters. The smallest absolute Gasteiger partial charge is 0.0102 e. The molecule has 4 aliphatic rings. The molecule has 0 aliphatic heterocycles. The van der Waals surface area contributed by atoms with E-state index >= 15 is 0 Å². The van der Waals surface area contributed by atoms with Crippen LogP contribution in [0, 0.1) is 35.0 Å². The summed E-state index contributed by atoms with van der Waals surface area (Å²) < 4.78 is 0. The van der Waals surface area contributed by atoms with Crippen molar-refractivity contribution in [3.8, 4) is 0 Å². The SMILES string of the molecule is CC(C)(C)[C@@H]1[C@H]2C[C@@H]3C[C@H](C2)[C@@H](c2ccccc2)[C@H]1C3. The first-order chi connectivity index (χ1) is 9.54. The van der Waals surface area contributed by atoms with Crippen LogP contribution < -0.4 is 0 Å². The summed E-state index contributed by atoms with van der Waals surface area (Å²) in [6, 6.07) is 11.4. The highest BCUT2D eigenvalue weighted by molar-refractivity contribution is 5.25. The minimum absolute atomic E-state index is 0.482. The Morgan fingerprint density at radius 1 is 0.850 bits per heavy atom. The highest BCUT2D eigenvalue weighted by Gasteiger charge is 2.56. The highest BCUT2D eigenvalue weighted by Crippen LogP contribution is 2.65. The lowest BCUT2D eigenvalue weighted by Crippen LogP contribution is -2.53. The van der Waals surface area contributed by atoms with Crippen molar-refractivity contribution in [1.82, 2.24) is 0 Å². The maximum absolute atomic E-state index is 2.49. The van der Waals surface area contributed by atoms with Crippen molar-refractivity contribution < 1.29 is 0 Å². The largest absolute Gasteiger partial charge is 0.0622 e. The van der Waals surface area contributed by atoms with Crippen LogP contribution in [0.2, 0.25) is 0 Å². The Labute approximate surface area is 124 Å². The third-order valence-corrected chi connectivity index (χ3v) is 6.61. The molecule has 0 heterocycles. The van der Waals surface area contributed by atoms with Crippen LogP contribution in [-0.4, -0.2) is 0 Å². The van der Waals surface area contributed by atoms with Gasteiger partial charge in [0, 0.05) is 0 Å². The van der Waals surface area contributed by atoms with Crippen LogP contribution in [0.3, 0.4) is 0 Å². The molecule has 4 saturated carbocycles. The summed E-state index contributed by atoms with van der Waals surface area (Å²) in [5.74, 6) is 5.82. The number of hydrogen-bond donors (Lipinski definition) is 0. The van der Waals surface area contributed by atoms with Gasteiger partial charge in [-0.1, -0.05) is 51.1 Å². The van der Waals surface area contributed by atoms with E-state index in [1.807, 2.05) is 0 Å². The lowest BCUT2D eigenvalue weighted by Gasteiger charge is -2.62. The van der Waals surface area contributed by atoms with Gasteiger partial charge in [-0.05, 0) is 72.2 Å². The van der Waals surface area contributed by atoms with E-state index in [1.165, 1.54) is 25.7 Å². The van der Waals surface area contributed by atoms with Gasteiger partial charge in [-0.25, -0.2) is 0 Å². The number of rotatable bonds is 1. The van der Waals surface area contributed by atoms with Crippen molar-refractivity contribution in [3.05, 3.63) is 35.9 Å². The number of hydrogen-bond acceptors (Lipinski definition) is 0. The average molecular weight is 268 g/mol. The molecule has 4 aliphatic carbocycles. The van der Waals surface area contributed by atoms with Gasteiger partial charge in [0.2, 0.25) is 0 Å². The molecule has 0 heteroatoms. The summed E-state index contributed by atoms with van der Waals surface area (Å²) in [7, 11) is 0. The van der Waals surface area contributed by atoms with Gasteiger partial charge in [0.25, 0.3) is 0 Å². The Morgan fingerprint density at radius 2 is 1.55 bits per heavy atom. The highest BCUT2D eigenvalue weighted by atomic mass is 14.6. The lowest BCUT2D eigenvalue weighted by molar-refractivity contribution is -0.0972. The van der Waals surface area contributed by atoms with Crippen LogP contribution >= 0.6 is 0 Å². The van der Waals surface area contributed by atoms with Gasteiger partial charge in [-0.15, -0.1) is 0 Å². The first-order valence-corrected chi connectivity index (χ1v) is 8.59. The Hall–Kier alpha value is -0.780. The summed E-state index contributed by atoms with van der Waals surface area (Å²) >= 11 is 0. The summed E-state index contributed by atoms with van der Waals surface area (Å²) in [5.41, 5.74) is 2.12. The standard InChI is InChI=1S/C20H28/c1-20(2,3)19-16-10-13-9-15(12-16)18(17(19)11-13)14-7-5-4-6-8-14/h4-8,13,15-19H,9-12H2,1-3H3/t13-,15+,16-,17+,18+,19+/m0/s1. The van der Waals surface area contributed by atoms with E-state index in [9.17, 15) is 0 Å². The molecule has 1 aromatic carbocycles. The fourth-order valence-corrected chi connectivity index (χ4v) is 6.46. The first kappa shape index (κ1) is 12.9. The molecule has 0 unspecified atom stereocenters. The second-order valence-electron chi connectivity index (χ2n) is 8.82. The second-order valence-corrected chi connectivity index (χ2v) is 8.82. The second kappa shape index (κ2) is 4.36. The van der Waals surface area contributed by atoms with Crippen LogP contribution in [-0.2, 0) is 0 Å². The third-order valence-electron chi connectivity index (χ3n) is 6.61. The first-order valence-electron chi connectivity index (χ1n) is 8.59. The lowest BCUT2D eigenvalue weighted by atomic mass is 9.43. The molecule has 108 valence electrons. The van der Waals surface area contributed by atoms with E-state index < -0.39 is 0 Å². The van der Waals surface area contributed by atoms with E-state index in [4.69, 9.17) is 0 Å². The van der Waals surface area contributed by atoms with E-state index in [0.717, 1.165) is 35.5 Å². The average Bonchev–Trinajstić information content (AvgIpc) is 2.37. The van der Waals surface area contributed by atoms with Crippen LogP contribution in [0.1, 0.15) is 57.9 Å². The van der Waals surface area contributed by atoms with Crippen molar-refractivity contribution in [2.45, 2.75) is 52.4 Å². The fourth-order valence-electron chi connectivity index (χ4n) is 6.46. The summed E-state index contributed by atoms with van der Waals surface area (Å²) in [6.45, 7) is 7.46. The van der Waals surface area contributed by atoms with E-state index in [1.54, 1.807) is 5.56 Å². The van der Waals surface area contributed by atoms with Crippen LogP contribution in [0.25, 0.3) is 0 Å². The van der Waals surface area contributed by atoms with Crippen LogP contribution in [0.4, 0.5) is 0 Å². The van der Waals surface area contributed by atoms with Crippen LogP contribution in [0.5, 0.6) is 0 Å². The summed E-state index contributed by atoms with van der Waals surface area (Å²) in [5, 5.41) is 0. The monoisotopic (exact) mass is 268 g/mol. The summed E-state index contributed by atoms with van der Waals surface area (Å²) in [4.78, 5) is 0. The topological polar surface area (TPSA) is 0 Å². The predicted molar refractivity (Wildman–Crippen MR) is 84.6 cm³/mol. The van der Waals surface area contributed by atoms with Gasteiger partial charge in [0.15, 0.2) is 0 Å². The zero-order valence-corrected chi connectivity index (χ0v) is 13.2. The molecule has 4 fully saturated rings. The van der Waals surface area contributed by atoms with Gasteiger partial charge in [0.1, 0.15) is 0 Å². The molecule has 5 rings (SSSR count). The maximum atomic E-state index is 2.49. The van der Waals surface area contributed by atoms with Gasteiger partial charge in [-0.3, -0.25) is 0 Å². The van der Waals surface area contributed by atoms with E-state index in [-0.39, 0.29) is 0 Å². The summed E-state index contributed by atoms with van der Waals surface area (Å²) in [6.07, 6.45) is 6.07. The van der Waals surface area contributed by atoms with Gasteiger partial charge < -0.3 is 0 Å². The normalized spacial score (nSPS) is 43.0. The van der Waals surface area contributed by atoms with Gasteiger partial charge >= 0.3 is 0 Å². The molecule has 4 bridgehead atoms. The fraction of sp³-hybridized carbons (Fsp3) is 0.700. The molecule has 0 aromatic heterocycles. The van der Waals surface area contributed by atoms with Crippen molar-refractivity contribution in [2.75, 3.05) is 0 Å². The minimum Gasteiger partial charge on any atom is -0.0622 e. The Kier molecular flexibility index (Phi) is 2.81. The Balaban J connectivity index is 1.74. The minimum atomic E-state index is 0.482. The molecular formula is C20H28. The van der Waals surface area contributed by atoms with E-state index in [0.29, 0.717) is 5.41 Å². The molecule has 0 amide bonds. The molecule has 0 saturated heterocycles. The van der Waals surface area contributed by atoms with Gasteiger partial charge in [0.05, 0.1) is 0 Å².